The summed E-state index contributed by atoms with van der Waals surface area (Å²) in [6.07, 6.45) is 0. The van der Waals surface area contributed by atoms with Crippen molar-refractivity contribution >= 4 is 32.6 Å². The monoisotopic (exact) mass is 349 g/mol. The number of anilines is 1. The minimum Gasteiger partial charge on any atom is -0.495 e. The summed E-state index contributed by atoms with van der Waals surface area (Å²) in [6, 6.07) is 3.78. The molecule has 1 aromatic carbocycles. The van der Waals surface area contributed by atoms with Crippen LogP contribution in [0.1, 0.15) is 13.8 Å². The molecule has 7 heteroatoms. The number of aromatic nitrogens is 1. The molecule has 0 unspecified atom stereocenters. The first-order valence-electron chi connectivity index (χ1n) is 8.10. The number of piperazine rings is 1. The average molecular weight is 349 g/mol. The van der Waals surface area contributed by atoms with Gasteiger partial charge in [0.05, 0.1) is 14.2 Å². The van der Waals surface area contributed by atoms with Gasteiger partial charge in [0.1, 0.15) is 21.7 Å². The maximum Gasteiger partial charge on any atom is 0.225 e. The fraction of sp³-hybridized carbons (Fsp3) is 0.529. The molecule has 6 nitrogen and oxygen atoms in total. The fourth-order valence-corrected chi connectivity index (χ4v) is 4.02. The second-order valence-electron chi connectivity index (χ2n) is 6.11. The van der Waals surface area contributed by atoms with E-state index in [-0.39, 0.29) is 11.8 Å². The molecule has 0 bridgehead atoms. The van der Waals surface area contributed by atoms with Crippen molar-refractivity contribution in [3.8, 4) is 11.5 Å². The highest BCUT2D eigenvalue weighted by Crippen LogP contribution is 2.40. The number of amides is 1. The van der Waals surface area contributed by atoms with E-state index in [1.807, 2.05) is 30.9 Å². The minimum absolute atomic E-state index is 0.0486. The Bertz CT molecular complexity index is 695. The van der Waals surface area contributed by atoms with Crippen LogP contribution in [0.25, 0.3) is 10.2 Å². The lowest BCUT2D eigenvalue weighted by atomic mass is 10.1. The van der Waals surface area contributed by atoms with Crippen molar-refractivity contribution in [2.24, 2.45) is 5.92 Å². The molecule has 2 heterocycles. The predicted molar refractivity (Wildman–Crippen MR) is 96.4 cm³/mol. The van der Waals surface area contributed by atoms with E-state index < -0.39 is 0 Å². The van der Waals surface area contributed by atoms with Crippen LogP contribution >= 0.6 is 11.3 Å². The third-order valence-electron chi connectivity index (χ3n) is 4.25. The maximum atomic E-state index is 12.1. The Morgan fingerprint density at radius 3 is 2.33 bits per heavy atom. The van der Waals surface area contributed by atoms with Crippen molar-refractivity contribution in [1.29, 1.82) is 0 Å². The lowest BCUT2D eigenvalue weighted by Crippen LogP contribution is -2.49. The van der Waals surface area contributed by atoms with Gasteiger partial charge in [-0.3, -0.25) is 4.79 Å². The summed E-state index contributed by atoms with van der Waals surface area (Å²) in [5.41, 5.74) is 0.831. The SMILES string of the molecule is COc1ccc(OC)c2sc(N3CCN(C(=O)C(C)C)CC3)nc12. The minimum atomic E-state index is 0.0486. The zero-order valence-corrected chi connectivity index (χ0v) is 15.4. The number of carbonyl (C=O) groups excluding carboxylic acids is 1. The van der Waals surface area contributed by atoms with Crippen LogP contribution in [0.15, 0.2) is 12.1 Å². The van der Waals surface area contributed by atoms with E-state index >= 15 is 0 Å². The Balaban J connectivity index is 1.82. The maximum absolute atomic E-state index is 12.1. The summed E-state index contributed by atoms with van der Waals surface area (Å²) in [4.78, 5) is 21.0. The smallest absolute Gasteiger partial charge is 0.225 e. The van der Waals surface area contributed by atoms with E-state index in [2.05, 4.69) is 4.90 Å². The van der Waals surface area contributed by atoms with Gasteiger partial charge in [-0.05, 0) is 12.1 Å². The molecule has 1 aliphatic heterocycles. The van der Waals surface area contributed by atoms with Crippen molar-refractivity contribution in [2.75, 3.05) is 45.3 Å². The Morgan fingerprint density at radius 2 is 1.75 bits per heavy atom. The van der Waals surface area contributed by atoms with Gasteiger partial charge in [-0.15, -0.1) is 0 Å². The fourth-order valence-electron chi connectivity index (χ4n) is 2.89. The number of fused-ring (bicyclic) bond motifs is 1. The number of carbonyl (C=O) groups is 1. The molecule has 130 valence electrons. The number of thiazole rings is 1. The van der Waals surface area contributed by atoms with Gasteiger partial charge in [-0.2, -0.15) is 0 Å². The number of benzene rings is 1. The van der Waals surface area contributed by atoms with E-state index in [9.17, 15) is 4.79 Å². The average Bonchev–Trinajstić information content (AvgIpc) is 3.05. The highest BCUT2D eigenvalue weighted by molar-refractivity contribution is 7.22. The molecule has 1 amide bonds. The summed E-state index contributed by atoms with van der Waals surface area (Å²) in [6.45, 7) is 6.95. The first-order valence-corrected chi connectivity index (χ1v) is 8.92. The standard InChI is InChI=1S/C17H23N3O3S/c1-11(2)16(21)19-7-9-20(10-8-19)17-18-14-12(22-3)5-6-13(23-4)15(14)24-17/h5-6,11H,7-10H2,1-4H3. The van der Waals surface area contributed by atoms with Gasteiger partial charge in [-0.1, -0.05) is 25.2 Å². The second kappa shape index (κ2) is 6.84. The number of hydrogen-bond donors (Lipinski definition) is 0. The van der Waals surface area contributed by atoms with Gasteiger partial charge in [0.15, 0.2) is 5.13 Å². The topological polar surface area (TPSA) is 54.9 Å². The highest BCUT2D eigenvalue weighted by atomic mass is 32.1. The van der Waals surface area contributed by atoms with Crippen LogP contribution in [0.3, 0.4) is 0 Å². The lowest BCUT2D eigenvalue weighted by Gasteiger charge is -2.35. The van der Waals surface area contributed by atoms with Crippen molar-refractivity contribution in [3.05, 3.63) is 12.1 Å². The lowest BCUT2D eigenvalue weighted by molar-refractivity contribution is -0.134. The van der Waals surface area contributed by atoms with E-state index in [0.717, 1.165) is 53.0 Å². The van der Waals surface area contributed by atoms with Crippen LogP contribution in [-0.4, -0.2) is 56.2 Å². The molecule has 3 rings (SSSR count). The van der Waals surface area contributed by atoms with E-state index in [1.165, 1.54) is 0 Å². The molecule has 0 aliphatic carbocycles. The molecule has 0 radical (unpaired) electrons. The predicted octanol–water partition coefficient (Wildman–Crippen LogP) is 2.62. The Morgan fingerprint density at radius 1 is 1.12 bits per heavy atom. The molecule has 0 N–H and O–H groups in total. The molecule has 0 atom stereocenters. The largest absolute Gasteiger partial charge is 0.495 e. The highest BCUT2D eigenvalue weighted by Gasteiger charge is 2.25. The van der Waals surface area contributed by atoms with Crippen LogP contribution in [0.5, 0.6) is 11.5 Å². The van der Waals surface area contributed by atoms with Gasteiger partial charge in [0.25, 0.3) is 0 Å². The Labute approximate surface area is 146 Å². The number of hydrogen-bond acceptors (Lipinski definition) is 6. The second-order valence-corrected chi connectivity index (χ2v) is 7.09. The number of nitrogens with zero attached hydrogens (tertiary/aromatic N) is 3. The molecule has 24 heavy (non-hydrogen) atoms. The molecule has 1 aromatic heterocycles. The van der Waals surface area contributed by atoms with Crippen LogP contribution < -0.4 is 14.4 Å². The molecule has 0 saturated carbocycles. The number of methoxy groups -OCH3 is 2. The quantitative estimate of drug-likeness (QED) is 0.849. The normalized spacial score (nSPS) is 15.2. The first-order chi connectivity index (χ1) is 11.5. The van der Waals surface area contributed by atoms with Gasteiger partial charge >= 0.3 is 0 Å². The third-order valence-corrected chi connectivity index (χ3v) is 5.39. The zero-order valence-electron chi connectivity index (χ0n) is 14.5. The van der Waals surface area contributed by atoms with Crippen LogP contribution in [0.2, 0.25) is 0 Å². The van der Waals surface area contributed by atoms with E-state index in [0.29, 0.717) is 0 Å². The van der Waals surface area contributed by atoms with Crippen molar-refractivity contribution < 1.29 is 14.3 Å². The third kappa shape index (κ3) is 3.00. The molecule has 2 aromatic rings. The van der Waals surface area contributed by atoms with E-state index in [1.54, 1.807) is 25.6 Å². The molecular weight excluding hydrogens is 326 g/mol. The van der Waals surface area contributed by atoms with Crippen molar-refractivity contribution in [3.63, 3.8) is 0 Å². The summed E-state index contributed by atoms with van der Waals surface area (Å²) in [5, 5.41) is 0.949. The number of rotatable bonds is 4. The summed E-state index contributed by atoms with van der Waals surface area (Å²) < 4.78 is 11.9. The van der Waals surface area contributed by atoms with Gasteiger partial charge in [0.2, 0.25) is 5.91 Å². The summed E-state index contributed by atoms with van der Waals surface area (Å²) >= 11 is 1.61. The molecule has 1 saturated heterocycles. The van der Waals surface area contributed by atoms with Gasteiger partial charge in [-0.25, -0.2) is 4.98 Å². The first kappa shape index (κ1) is 16.8. The Kier molecular flexibility index (Phi) is 4.80. The number of ether oxygens (including phenoxy) is 2. The van der Waals surface area contributed by atoms with E-state index in [4.69, 9.17) is 14.5 Å². The van der Waals surface area contributed by atoms with Gasteiger partial charge in [0, 0.05) is 32.1 Å². The van der Waals surface area contributed by atoms with Crippen molar-refractivity contribution in [1.82, 2.24) is 9.88 Å². The van der Waals surface area contributed by atoms with Crippen LogP contribution in [0, 0.1) is 5.92 Å². The van der Waals surface area contributed by atoms with Crippen LogP contribution in [0.4, 0.5) is 5.13 Å². The molecule has 0 spiro atoms. The summed E-state index contributed by atoms with van der Waals surface area (Å²) in [7, 11) is 3.31. The zero-order chi connectivity index (χ0) is 17.3. The molecule has 1 fully saturated rings. The Hall–Kier alpha value is -2.02. The molecule has 1 aliphatic rings. The van der Waals surface area contributed by atoms with Gasteiger partial charge < -0.3 is 19.3 Å². The van der Waals surface area contributed by atoms with Crippen molar-refractivity contribution in [2.45, 2.75) is 13.8 Å². The summed E-state index contributed by atoms with van der Waals surface area (Å²) in [5.74, 6) is 1.83. The molecular formula is C17H23N3O3S. The van der Waals surface area contributed by atoms with Crippen LogP contribution in [-0.2, 0) is 4.79 Å².